The fraction of sp³-hybridized carbons (Fsp3) is 0.364. The van der Waals surface area contributed by atoms with Gasteiger partial charge in [0.15, 0.2) is 0 Å². The largest absolute Gasteiger partial charge is 0.368 e. The number of benzene rings is 2. The first-order valence-corrected chi connectivity index (χ1v) is 11.0. The Morgan fingerprint density at radius 1 is 1.03 bits per heavy atom. The minimum absolute atomic E-state index is 0.128. The summed E-state index contributed by atoms with van der Waals surface area (Å²) in [6.45, 7) is 9.16. The van der Waals surface area contributed by atoms with Crippen molar-refractivity contribution in [1.29, 1.82) is 0 Å². The van der Waals surface area contributed by atoms with Crippen LogP contribution in [0.15, 0.2) is 53.7 Å². The Morgan fingerprint density at radius 2 is 1.77 bits per heavy atom. The number of piperazine rings is 1. The van der Waals surface area contributed by atoms with E-state index < -0.39 is 0 Å². The molecule has 0 unspecified atom stereocenters. The monoisotopic (exact) mass is 422 g/mol. The molecule has 156 valence electrons. The van der Waals surface area contributed by atoms with E-state index in [0.717, 1.165) is 37.4 Å². The van der Waals surface area contributed by atoms with Crippen LogP contribution in [0.3, 0.4) is 0 Å². The Bertz CT molecular complexity index is 1010. The third kappa shape index (κ3) is 4.33. The van der Waals surface area contributed by atoms with Crippen LogP contribution in [0, 0.1) is 13.8 Å². The van der Waals surface area contributed by atoms with Crippen LogP contribution >= 0.6 is 11.8 Å². The van der Waals surface area contributed by atoms with Crippen molar-refractivity contribution in [3.63, 3.8) is 0 Å². The fourth-order valence-corrected chi connectivity index (χ4v) is 4.62. The summed E-state index contributed by atoms with van der Waals surface area (Å²) in [6.07, 6.45) is 0. The predicted octanol–water partition coefficient (Wildman–Crippen LogP) is 3.11. The summed E-state index contributed by atoms with van der Waals surface area (Å²) in [6, 6.07) is 16.5. The highest BCUT2D eigenvalue weighted by Gasteiger charge is 2.27. The highest BCUT2D eigenvalue weighted by atomic mass is 32.2. The molecule has 1 atom stereocenters. The summed E-state index contributed by atoms with van der Waals surface area (Å²) in [7, 11) is 0. The van der Waals surface area contributed by atoms with Crippen LogP contribution in [0.5, 0.6) is 0 Å². The summed E-state index contributed by atoms with van der Waals surface area (Å²) in [5.74, 6) is 0.128. The molecular weight excluding hydrogens is 396 g/mol. The van der Waals surface area contributed by atoms with E-state index >= 15 is 0 Å². The normalized spacial score (nSPS) is 15.3. The molecule has 7 nitrogen and oxygen atoms in total. The molecule has 3 aromatic rings. The minimum Gasteiger partial charge on any atom is -0.368 e. The molecule has 1 saturated heterocycles. The van der Waals surface area contributed by atoms with Crippen molar-refractivity contribution in [3.8, 4) is 5.69 Å². The number of rotatable bonds is 5. The zero-order valence-corrected chi connectivity index (χ0v) is 18.3. The van der Waals surface area contributed by atoms with Gasteiger partial charge in [-0.2, -0.15) is 4.68 Å². The Labute approximate surface area is 181 Å². The summed E-state index contributed by atoms with van der Waals surface area (Å²) in [4.78, 5) is 17.3. The zero-order valence-electron chi connectivity index (χ0n) is 17.5. The Morgan fingerprint density at radius 3 is 2.47 bits per heavy atom. The molecule has 2 heterocycles. The zero-order chi connectivity index (χ0) is 21.1. The van der Waals surface area contributed by atoms with Crippen molar-refractivity contribution in [2.45, 2.75) is 31.2 Å². The van der Waals surface area contributed by atoms with Gasteiger partial charge in [-0.3, -0.25) is 4.79 Å². The molecule has 0 N–H and O–H groups in total. The average molecular weight is 423 g/mol. The molecule has 0 aliphatic carbocycles. The standard InChI is InChI=1S/C22H26N6OS/c1-16-9-10-20(17(2)15-16)28-22(23-24-25-28)30-18(3)21(29)27-13-11-26(12-14-27)19-7-5-4-6-8-19/h4-10,15,18H,11-14H2,1-3H3/t18-/m1/s1. The minimum atomic E-state index is -0.260. The third-order valence-corrected chi connectivity index (χ3v) is 6.38. The second kappa shape index (κ2) is 8.87. The number of tetrazole rings is 1. The molecule has 1 fully saturated rings. The molecule has 2 aromatic carbocycles. The van der Waals surface area contributed by atoms with Crippen LogP contribution in [-0.4, -0.2) is 62.4 Å². The van der Waals surface area contributed by atoms with Gasteiger partial charge in [0.2, 0.25) is 11.1 Å². The number of hydrogen-bond acceptors (Lipinski definition) is 6. The molecule has 4 rings (SSSR count). The quantitative estimate of drug-likeness (QED) is 0.589. The van der Waals surface area contributed by atoms with Crippen LogP contribution in [0.2, 0.25) is 0 Å². The lowest BCUT2D eigenvalue weighted by molar-refractivity contribution is -0.130. The van der Waals surface area contributed by atoms with Crippen molar-refractivity contribution < 1.29 is 4.79 Å². The van der Waals surface area contributed by atoms with E-state index in [1.807, 2.05) is 49.1 Å². The van der Waals surface area contributed by atoms with Crippen molar-refractivity contribution in [2.75, 3.05) is 31.1 Å². The van der Waals surface area contributed by atoms with Gasteiger partial charge in [0.25, 0.3) is 0 Å². The van der Waals surface area contributed by atoms with Gasteiger partial charge in [0.1, 0.15) is 0 Å². The molecule has 1 aliphatic rings. The van der Waals surface area contributed by atoms with Gasteiger partial charge >= 0.3 is 0 Å². The second-order valence-corrected chi connectivity index (χ2v) is 8.88. The molecule has 0 radical (unpaired) electrons. The first kappa shape index (κ1) is 20.4. The van der Waals surface area contributed by atoms with Crippen molar-refractivity contribution >= 4 is 23.4 Å². The Balaban J connectivity index is 1.40. The number of amides is 1. The van der Waals surface area contributed by atoms with E-state index in [4.69, 9.17) is 0 Å². The van der Waals surface area contributed by atoms with Gasteiger partial charge in [-0.15, -0.1) is 5.10 Å². The fourth-order valence-electron chi connectivity index (χ4n) is 3.74. The van der Waals surface area contributed by atoms with E-state index in [-0.39, 0.29) is 11.2 Å². The van der Waals surface area contributed by atoms with Crippen molar-refractivity contribution in [2.24, 2.45) is 0 Å². The van der Waals surface area contributed by atoms with E-state index in [9.17, 15) is 4.79 Å². The summed E-state index contributed by atoms with van der Waals surface area (Å²) in [5.41, 5.74) is 4.43. The lowest BCUT2D eigenvalue weighted by Crippen LogP contribution is -2.50. The molecule has 1 aromatic heterocycles. The van der Waals surface area contributed by atoms with Crippen molar-refractivity contribution in [3.05, 3.63) is 59.7 Å². The molecule has 1 amide bonds. The van der Waals surface area contributed by atoms with Crippen LogP contribution in [0.1, 0.15) is 18.1 Å². The molecule has 1 aliphatic heterocycles. The lowest BCUT2D eigenvalue weighted by atomic mass is 10.1. The third-order valence-electron chi connectivity index (χ3n) is 5.36. The first-order valence-electron chi connectivity index (χ1n) is 10.1. The number of anilines is 1. The molecule has 0 spiro atoms. The highest BCUT2D eigenvalue weighted by Crippen LogP contribution is 2.26. The number of hydrogen-bond donors (Lipinski definition) is 0. The Hall–Kier alpha value is -2.87. The maximum Gasteiger partial charge on any atom is 0.236 e. The number of carbonyl (C=O) groups excluding carboxylic acids is 1. The number of carbonyl (C=O) groups is 1. The molecule has 0 bridgehead atoms. The number of aryl methyl sites for hydroxylation is 2. The van der Waals surface area contributed by atoms with Gasteiger partial charge in [0, 0.05) is 31.9 Å². The summed E-state index contributed by atoms with van der Waals surface area (Å²) in [5, 5.41) is 12.5. The van der Waals surface area contributed by atoms with Gasteiger partial charge in [0.05, 0.1) is 10.9 Å². The van der Waals surface area contributed by atoms with Gasteiger partial charge in [-0.05, 0) is 55.0 Å². The van der Waals surface area contributed by atoms with Gasteiger partial charge in [-0.1, -0.05) is 47.7 Å². The average Bonchev–Trinajstić information content (AvgIpc) is 3.21. The van der Waals surface area contributed by atoms with E-state index in [0.29, 0.717) is 5.16 Å². The predicted molar refractivity (Wildman–Crippen MR) is 119 cm³/mol. The summed E-state index contributed by atoms with van der Waals surface area (Å²) < 4.78 is 1.72. The maximum absolute atomic E-state index is 13.0. The second-order valence-electron chi connectivity index (χ2n) is 7.57. The smallest absolute Gasteiger partial charge is 0.236 e. The maximum atomic E-state index is 13.0. The van der Waals surface area contributed by atoms with E-state index in [2.05, 4.69) is 45.5 Å². The lowest BCUT2D eigenvalue weighted by Gasteiger charge is -2.37. The topological polar surface area (TPSA) is 67.2 Å². The summed E-state index contributed by atoms with van der Waals surface area (Å²) >= 11 is 1.41. The number of nitrogens with zero attached hydrogens (tertiary/aromatic N) is 6. The molecule has 8 heteroatoms. The van der Waals surface area contributed by atoms with Gasteiger partial charge in [-0.25, -0.2) is 0 Å². The van der Waals surface area contributed by atoms with Crippen molar-refractivity contribution in [1.82, 2.24) is 25.1 Å². The highest BCUT2D eigenvalue weighted by molar-refractivity contribution is 8.00. The van der Waals surface area contributed by atoms with Crippen LogP contribution in [0.4, 0.5) is 5.69 Å². The van der Waals surface area contributed by atoms with Crippen LogP contribution in [-0.2, 0) is 4.79 Å². The van der Waals surface area contributed by atoms with Crippen LogP contribution < -0.4 is 4.90 Å². The van der Waals surface area contributed by atoms with E-state index in [1.54, 1.807) is 4.68 Å². The van der Waals surface area contributed by atoms with E-state index in [1.165, 1.54) is 23.0 Å². The number of para-hydroxylation sites is 1. The Kier molecular flexibility index (Phi) is 6.03. The number of aromatic nitrogens is 4. The van der Waals surface area contributed by atoms with Crippen LogP contribution in [0.25, 0.3) is 5.69 Å². The SMILES string of the molecule is Cc1ccc(-n2nnnc2S[C@H](C)C(=O)N2CCN(c3ccccc3)CC2)c(C)c1. The van der Waals surface area contributed by atoms with Gasteiger partial charge < -0.3 is 9.80 Å². The number of thioether (sulfide) groups is 1. The molecular formula is C22H26N6OS. The molecule has 30 heavy (non-hydrogen) atoms. The molecule has 0 saturated carbocycles. The first-order chi connectivity index (χ1) is 14.5.